The standard InChI is InChI=1S/C18H20N2O3/c1-22-12-23-15-6-4-14(5-7-15)16-9-17(16)18(21)20-11-13-3-2-8-19-10-13/h2-8,10,16-17H,9,11-12H2,1H3,(H,20,21). The summed E-state index contributed by atoms with van der Waals surface area (Å²) in [6.45, 7) is 0.766. The van der Waals surface area contributed by atoms with Crippen LogP contribution < -0.4 is 10.1 Å². The van der Waals surface area contributed by atoms with Crippen LogP contribution in [-0.2, 0) is 16.1 Å². The number of nitrogens with zero attached hydrogens (tertiary/aromatic N) is 1. The molecule has 1 aliphatic carbocycles. The van der Waals surface area contributed by atoms with Crippen molar-refractivity contribution >= 4 is 5.91 Å². The first-order valence-electron chi connectivity index (χ1n) is 7.66. The van der Waals surface area contributed by atoms with E-state index in [1.54, 1.807) is 19.5 Å². The number of pyridine rings is 1. The Kier molecular flexibility index (Phi) is 4.88. The predicted molar refractivity (Wildman–Crippen MR) is 85.9 cm³/mol. The monoisotopic (exact) mass is 312 g/mol. The fourth-order valence-electron chi connectivity index (χ4n) is 2.61. The lowest BCUT2D eigenvalue weighted by molar-refractivity contribution is -0.122. The number of ether oxygens (including phenoxy) is 2. The van der Waals surface area contributed by atoms with E-state index in [0.29, 0.717) is 12.5 Å². The second kappa shape index (κ2) is 7.24. The molecular weight excluding hydrogens is 292 g/mol. The SMILES string of the molecule is COCOc1ccc(C2CC2C(=O)NCc2cccnc2)cc1. The van der Waals surface area contributed by atoms with E-state index in [1.165, 1.54) is 5.56 Å². The topological polar surface area (TPSA) is 60.5 Å². The highest BCUT2D eigenvalue weighted by Crippen LogP contribution is 2.47. The number of nitrogens with one attached hydrogen (secondary N) is 1. The van der Waals surface area contributed by atoms with Crippen LogP contribution in [0, 0.1) is 5.92 Å². The Morgan fingerprint density at radius 3 is 2.83 bits per heavy atom. The first-order chi connectivity index (χ1) is 11.3. The number of aromatic nitrogens is 1. The molecule has 2 unspecified atom stereocenters. The van der Waals surface area contributed by atoms with Gasteiger partial charge in [0.1, 0.15) is 5.75 Å². The lowest BCUT2D eigenvalue weighted by atomic mass is 10.1. The van der Waals surface area contributed by atoms with Crippen LogP contribution in [0.4, 0.5) is 0 Å². The van der Waals surface area contributed by atoms with Crippen molar-refractivity contribution in [2.24, 2.45) is 5.92 Å². The molecule has 0 radical (unpaired) electrons. The molecule has 2 atom stereocenters. The van der Waals surface area contributed by atoms with E-state index in [4.69, 9.17) is 9.47 Å². The van der Waals surface area contributed by atoms with Gasteiger partial charge in [-0.2, -0.15) is 0 Å². The highest BCUT2D eigenvalue weighted by Gasteiger charge is 2.43. The van der Waals surface area contributed by atoms with Gasteiger partial charge >= 0.3 is 0 Å². The van der Waals surface area contributed by atoms with Crippen LogP contribution in [0.3, 0.4) is 0 Å². The van der Waals surface area contributed by atoms with Crippen molar-refractivity contribution in [3.05, 3.63) is 59.9 Å². The van der Waals surface area contributed by atoms with Crippen molar-refractivity contribution in [3.63, 3.8) is 0 Å². The van der Waals surface area contributed by atoms with Gasteiger partial charge in [0.2, 0.25) is 5.91 Å². The van der Waals surface area contributed by atoms with Crippen LogP contribution in [-0.4, -0.2) is 24.8 Å². The van der Waals surface area contributed by atoms with Crippen LogP contribution in [0.1, 0.15) is 23.5 Å². The van der Waals surface area contributed by atoms with Gasteiger partial charge in [0.25, 0.3) is 0 Å². The normalized spacial score (nSPS) is 19.2. The van der Waals surface area contributed by atoms with Crippen LogP contribution in [0.2, 0.25) is 0 Å². The van der Waals surface area contributed by atoms with E-state index in [-0.39, 0.29) is 18.6 Å². The maximum absolute atomic E-state index is 12.2. The zero-order valence-electron chi connectivity index (χ0n) is 13.1. The molecule has 0 spiro atoms. The van der Waals surface area contributed by atoms with E-state index in [2.05, 4.69) is 10.3 Å². The Hall–Kier alpha value is -2.40. The summed E-state index contributed by atoms with van der Waals surface area (Å²) in [7, 11) is 1.59. The molecule has 1 heterocycles. The highest BCUT2D eigenvalue weighted by atomic mass is 16.7. The molecule has 1 aromatic heterocycles. The molecule has 1 fully saturated rings. The first kappa shape index (κ1) is 15.5. The third-order valence-corrected chi connectivity index (χ3v) is 3.97. The molecule has 1 saturated carbocycles. The maximum atomic E-state index is 12.2. The lowest BCUT2D eigenvalue weighted by Gasteiger charge is -2.07. The number of rotatable bonds is 7. The van der Waals surface area contributed by atoms with Gasteiger partial charge in [-0.1, -0.05) is 18.2 Å². The van der Waals surface area contributed by atoms with Gasteiger partial charge in [-0.25, -0.2) is 0 Å². The summed E-state index contributed by atoms with van der Waals surface area (Å²) in [5.74, 6) is 1.25. The smallest absolute Gasteiger partial charge is 0.224 e. The van der Waals surface area contributed by atoms with Crippen LogP contribution in [0.25, 0.3) is 0 Å². The van der Waals surface area contributed by atoms with Crippen molar-refractivity contribution in [1.29, 1.82) is 0 Å². The minimum absolute atomic E-state index is 0.0671. The van der Waals surface area contributed by atoms with Crippen molar-refractivity contribution in [2.75, 3.05) is 13.9 Å². The van der Waals surface area contributed by atoms with Gasteiger partial charge in [-0.05, 0) is 41.7 Å². The Balaban J connectivity index is 1.49. The molecule has 3 rings (SSSR count). The van der Waals surface area contributed by atoms with Gasteiger partial charge in [0, 0.05) is 32.0 Å². The first-order valence-corrected chi connectivity index (χ1v) is 7.66. The molecule has 2 aromatic rings. The third kappa shape index (κ3) is 4.07. The van der Waals surface area contributed by atoms with Gasteiger partial charge in [0.15, 0.2) is 6.79 Å². The molecule has 1 N–H and O–H groups in total. The summed E-state index contributed by atoms with van der Waals surface area (Å²) in [4.78, 5) is 16.2. The maximum Gasteiger partial charge on any atom is 0.224 e. The van der Waals surface area contributed by atoms with Gasteiger partial charge in [-0.3, -0.25) is 9.78 Å². The number of carbonyl (C=O) groups is 1. The zero-order valence-corrected chi connectivity index (χ0v) is 13.1. The molecule has 0 bridgehead atoms. The number of amides is 1. The average Bonchev–Trinajstić information content (AvgIpc) is 3.40. The predicted octanol–water partition coefficient (Wildman–Crippen LogP) is 2.48. The van der Waals surface area contributed by atoms with E-state index in [1.807, 2.05) is 36.4 Å². The minimum atomic E-state index is 0.0671. The average molecular weight is 312 g/mol. The summed E-state index contributed by atoms with van der Waals surface area (Å²) >= 11 is 0. The Morgan fingerprint density at radius 1 is 1.30 bits per heavy atom. The second-order valence-electron chi connectivity index (χ2n) is 5.65. The molecule has 23 heavy (non-hydrogen) atoms. The number of methoxy groups -OCH3 is 1. The van der Waals surface area contributed by atoms with E-state index >= 15 is 0 Å². The molecule has 120 valence electrons. The summed E-state index contributed by atoms with van der Waals surface area (Å²) < 4.78 is 10.2. The molecule has 0 saturated heterocycles. The van der Waals surface area contributed by atoms with Crippen LogP contribution in [0.15, 0.2) is 48.8 Å². The fraction of sp³-hybridized carbons (Fsp3) is 0.333. The summed E-state index contributed by atoms with van der Waals surface area (Å²) in [5.41, 5.74) is 2.19. The fourth-order valence-corrected chi connectivity index (χ4v) is 2.61. The number of hydrogen-bond donors (Lipinski definition) is 1. The van der Waals surface area contributed by atoms with E-state index in [0.717, 1.165) is 17.7 Å². The van der Waals surface area contributed by atoms with Crippen LogP contribution in [0.5, 0.6) is 5.75 Å². The number of hydrogen-bond acceptors (Lipinski definition) is 4. The van der Waals surface area contributed by atoms with Gasteiger partial charge < -0.3 is 14.8 Å². The quantitative estimate of drug-likeness (QED) is 0.798. The summed E-state index contributed by atoms with van der Waals surface area (Å²) in [5, 5.41) is 2.98. The summed E-state index contributed by atoms with van der Waals surface area (Å²) in [6.07, 6.45) is 4.39. The third-order valence-electron chi connectivity index (χ3n) is 3.97. The Morgan fingerprint density at radius 2 is 2.13 bits per heavy atom. The molecule has 1 amide bonds. The highest BCUT2D eigenvalue weighted by molar-refractivity contribution is 5.82. The molecule has 5 heteroatoms. The molecule has 1 aromatic carbocycles. The van der Waals surface area contributed by atoms with Crippen molar-refractivity contribution in [2.45, 2.75) is 18.9 Å². The largest absolute Gasteiger partial charge is 0.468 e. The number of carbonyl (C=O) groups excluding carboxylic acids is 1. The molecule has 1 aliphatic rings. The Labute approximate surface area is 135 Å². The number of benzene rings is 1. The minimum Gasteiger partial charge on any atom is -0.468 e. The molecule has 0 aliphatic heterocycles. The molecular formula is C18H20N2O3. The van der Waals surface area contributed by atoms with Crippen molar-refractivity contribution in [1.82, 2.24) is 10.3 Å². The van der Waals surface area contributed by atoms with Gasteiger partial charge in [-0.15, -0.1) is 0 Å². The van der Waals surface area contributed by atoms with Gasteiger partial charge in [0.05, 0.1) is 0 Å². The second-order valence-corrected chi connectivity index (χ2v) is 5.65. The Bertz CT molecular complexity index is 643. The zero-order chi connectivity index (χ0) is 16.1. The van der Waals surface area contributed by atoms with E-state index in [9.17, 15) is 4.79 Å². The van der Waals surface area contributed by atoms with Crippen molar-refractivity contribution < 1.29 is 14.3 Å². The van der Waals surface area contributed by atoms with Crippen LogP contribution >= 0.6 is 0 Å². The lowest BCUT2D eigenvalue weighted by Crippen LogP contribution is -2.24. The van der Waals surface area contributed by atoms with E-state index < -0.39 is 0 Å². The molecule has 5 nitrogen and oxygen atoms in total. The summed E-state index contributed by atoms with van der Waals surface area (Å²) in [6, 6.07) is 11.7. The van der Waals surface area contributed by atoms with Crippen molar-refractivity contribution in [3.8, 4) is 5.75 Å².